The van der Waals surface area contributed by atoms with Crippen molar-refractivity contribution in [2.45, 2.75) is 26.2 Å². The second kappa shape index (κ2) is 10.6. The van der Waals surface area contributed by atoms with Gasteiger partial charge in [0.25, 0.3) is 5.91 Å². The van der Waals surface area contributed by atoms with Crippen LogP contribution in [0.5, 0.6) is 5.75 Å². The first-order chi connectivity index (χ1) is 16.1. The summed E-state index contributed by atoms with van der Waals surface area (Å²) in [5.41, 5.74) is 3.64. The second-order valence-electron chi connectivity index (χ2n) is 7.87. The summed E-state index contributed by atoms with van der Waals surface area (Å²) in [6.45, 7) is 2.50. The summed E-state index contributed by atoms with van der Waals surface area (Å²) >= 11 is 0. The predicted octanol–water partition coefficient (Wildman–Crippen LogP) is 5.00. The van der Waals surface area contributed by atoms with Crippen LogP contribution in [0.2, 0.25) is 0 Å². The van der Waals surface area contributed by atoms with Gasteiger partial charge in [0.1, 0.15) is 11.6 Å². The van der Waals surface area contributed by atoms with E-state index in [9.17, 15) is 4.79 Å². The summed E-state index contributed by atoms with van der Waals surface area (Å²) in [5, 5.41) is 7.59. The van der Waals surface area contributed by atoms with Crippen LogP contribution in [0.15, 0.2) is 78.9 Å². The van der Waals surface area contributed by atoms with Crippen molar-refractivity contribution >= 4 is 5.91 Å². The molecule has 33 heavy (non-hydrogen) atoms. The van der Waals surface area contributed by atoms with E-state index < -0.39 is 0 Å². The van der Waals surface area contributed by atoms with E-state index in [0.29, 0.717) is 23.8 Å². The minimum atomic E-state index is -0.0839. The zero-order valence-corrected chi connectivity index (χ0v) is 19.0. The van der Waals surface area contributed by atoms with Gasteiger partial charge >= 0.3 is 0 Å². The zero-order valence-electron chi connectivity index (χ0n) is 19.0. The van der Waals surface area contributed by atoms with Gasteiger partial charge in [0, 0.05) is 17.7 Å². The molecule has 0 aliphatic heterocycles. The van der Waals surface area contributed by atoms with E-state index in [2.05, 4.69) is 39.7 Å². The van der Waals surface area contributed by atoms with E-state index in [1.165, 1.54) is 5.56 Å². The fourth-order valence-electron chi connectivity index (χ4n) is 3.70. The lowest BCUT2D eigenvalue weighted by molar-refractivity contribution is 0.0953. The molecule has 168 valence electrons. The molecule has 0 radical (unpaired) electrons. The highest BCUT2D eigenvalue weighted by atomic mass is 16.5. The summed E-state index contributed by atoms with van der Waals surface area (Å²) in [7, 11) is 1.64. The van der Waals surface area contributed by atoms with Crippen LogP contribution in [0.3, 0.4) is 0 Å². The standard InChI is InChI=1S/C27H28N4O2/c1-20-29-26(22-14-16-25(33-2)17-15-22)31(30-20)24-13-8-12-23(19-24)27(32)28-18-7-6-11-21-9-4-3-5-10-21/h3-5,8-10,12-17,19H,6-7,11,18H2,1-2H3,(H,28,32). The molecule has 1 N–H and O–H groups in total. The number of hydrogen-bond donors (Lipinski definition) is 1. The average molecular weight is 441 g/mol. The molecule has 0 saturated carbocycles. The van der Waals surface area contributed by atoms with Crippen LogP contribution in [0, 0.1) is 6.92 Å². The minimum Gasteiger partial charge on any atom is -0.497 e. The Hall–Kier alpha value is -3.93. The molecule has 0 aliphatic carbocycles. The van der Waals surface area contributed by atoms with E-state index in [1.54, 1.807) is 11.8 Å². The number of ether oxygens (including phenoxy) is 1. The molecule has 1 amide bonds. The monoisotopic (exact) mass is 440 g/mol. The van der Waals surface area contributed by atoms with Crippen molar-refractivity contribution in [2.75, 3.05) is 13.7 Å². The average Bonchev–Trinajstić information content (AvgIpc) is 3.26. The first-order valence-electron chi connectivity index (χ1n) is 11.1. The van der Waals surface area contributed by atoms with Crippen LogP contribution >= 0.6 is 0 Å². The van der Waals surface area contributed by atoms with Crippen molar-refractivity contribution in [1.82, 2.24) is 20.1 Å². The van der Waals surface area contributed by atoms with Gasteiger partial charge < -0.3 is 10.1 Å². The number of carbonyl (C=O) groups is 1. The summed E-state index contributed by atoms with van der Waals surface area (Å²) < 4.78 is 7.02. The Morgan fingerprint density at radius 1 is 0.970 bits per heavy atom. The van der Waals surface area contributed by atoms with Gasteiger partial charge in [-0.1, -0.05) is 36.4 Å². The first-order valence-corrected chi connectivity index (χ1v) is 11.1. The van der Waals surface area contributed by atoms with E-state index >= 15 is 0 Å². The molecule has 0 bridgehead atoms. The molecule has 6 heteroatoms. The lowest BCUT2D eigenvalue weighted by Gasteiger charge is -2.09. The van der Waals surface area contributed by atoms with Crippen LogP contribution in [-0.4, -0.2) is 34.3 Å². The van der Waals surface area contributed by atoms with Crippen molar-refractivity contribution in [3.05, 3.63) is 95.8 Å². The Morgan fingerprint density at radius 2 is 1.76 bits per heavy atom. The lowest BCUT2D eigenvalue weighted by Crippen LogP contribution is -2.24. The quantitative estimate of drug-likeness (QED) is 0.372. The maximum atomic E-state index is 12.7. The third-order valence-electron chi connectivity index (χ3n) is 5.43. The Bertz CT molecular complexity index is 1200. The number of hydrogen-bond acceptors (Lipinski definition) is 4. The Kier molecular flexibility index (Phi) is 7.15. The maximum absolute atomic E-state index is 12.7. The van der Waals surface area contributed by atoms with E-state index in [1.807, 2.05) is 61.5 Å². The van der Waals surface area contributed by atoms with Crippen LogP contribution in [0.1, 0.15) is 34.6 Å². The largest absolute Gasteiger partial charge is 0.497 e. The van der Waals surface area contributed by atoms with Crippen molar-refractivity contribution in [2.24, 2.45) is 0 Å². The molecule has 0 atom stereocenters. The maximum Gasteiger partial charge on any atom is 0.251 e. The summed E-state index contributed by atoms with van der Waals surface area (Å²) in [6, 6.07) is 25.6. The van der Waals surface area contributed by atoms with Crippen molar-refractivity contribution in [1.29, 1.82) is 0 Å². The molecule has 4 aromatic rings. The van der Waals surface area contributed by atoms with Gasteiger partial charge in [-0.05, 0) is 74.2 Å². The number of aryl methyl sites for hydroxylation is 2. The van der Waals surface area contributed by atoms with Gasteiger partial charge in [0.2, 0.25) is 0 Å². The highest BCUT2D eigenvalue weighted by Crippen LogP contribution is 2.24. The lowest BCUT2D eigenvalue weighted by atomic mass is 10.1. The molecule has 0 unspecified atom stereocenters. The normalized spacial score (nSPS) is 10.7. The summed E-state index contributed by atoms with van der Waals surface area (Å²) in [4.78, 5) is 17.3. The summed E-state index contributed by atoms with van der Waals surface area (Å²) in [6.07, 6.45) is 2.99. The topological polar surface area (TPSA) is 69.0 Å². The Balaban J connectivity index is 1.42. The molecule has 1 aromatic heterocycles. The number of aromatic nitrogens is 3. The third kappa shape index (κ3) is 5.66. The van der Waals surface area contributed by atoms with Gasteiger partial charge in [-0.3, -0.25) is 4.79 Å². The smallest absolute Gasteiger partial charge is 0.251 e. The number of nitrogens with one attached hydrogen (secondary N) is 1. The van der Waals surface area contributed by atoms with Gasteiger partial charge in [-0.2, -0.15) is 5.10 Å². The van der Waals surface area contributed by atoms with Gasteiger partial charge in [0.05, 0.1) is 12.8 Å². The molecule has 0 aliphatic rings. The number of carbonyl (C=O) groups excluding carboxylic acids is 1. The van der Waals surface area contributed by atoms with Crippen LogP contribution < -0.4 is 10.1 Å². The van der Waals surface area contributed by atoms with E-state index in [-0.39, 0.29) is 5.91 Å². The molecule has 6 nitrogen and oxygen atoms in total. The zero-order chi connectivity index (χ0) is 23.0. The minimum absolute atomic E-state index is 0.0839. The molecule has 0 fully saturated rings. The van der Waals surface area contributed by atoms with Crippen molar-refractivity contribution in [3.8, 4) is 22.8 Å². The first kappa shape index (κ1) is 22.3. The predicted molar refractivity (Wildman–Crippen MR) is 130 cm³/mol. The number of amides is 1. The second-order valence-corrected chi connectivity index (χ2v) is 7.87. The van der Waals surface area contributed by atoms with Gasteiger partial charge in [-0.15, -0.1) is 0 Å². The van der Waals surface area contributed by atoms with Crippen molar-refractivity contribution in [3.63, 3.8) is 0 Å². The molecular weight excluding hydrogens is 412 g/mol. The molecule has 0 saturated heterocycles. The van der Waals surface area contributed by atoms with Crippen LogP contribution in [0.25, 0.3) is 17.1 Å². The molecule has 3 aromatic carbocycles. The van der Waals surface area contributed by atoms with Gasteiger partial charge in [0.15, 0.2) is 5.82 Å². The SMILES string of the molecule is COc1ccc(-c2nc(C)nn2-c2cccc(C(=O)NCCCCc3ccccc3)c2)cc1. The Labute approximate surface area is 194 Å². The van der Waals surface area contributed by atoms with Crippen LogP contribution in [0.4, 0.5) is 0 Å². The molecular formula is C27H28N4O2. The molecule has 0 spiro atoms. The number of unbranched alkanes of at least 4 members (excludes halogenated alkanes) is 1. The Morgan fingerprint density at radius 3 is 2.52 bits per heavy atom. The van der Waals surface area contributed by atoms with E-state index in [4.69, 9.17) is 4.74 Å². The summed E-state index contributed by atoms with van der Waals surface area (Å²) in [5.74, 6) is 2.08. The van der Waals surface area contributed by atoms with Gasteiger partial charge in [-0.25, -0.2) is 9.67 Å². The highest BCUT2D eigenvalue weighted by molar-refractivity contribution is 5.94. The number of methoxy groups -OCH3 is 1. The molecule has 1 heterocycles. The highest BCUT2D eigenvalue weighted by Gasteiger charge is 2.14. The van der Waals surface area contributed by atoms with Crippen molar-refractivity contribution < 1.29 is 9.53 Å². The number of nitrogens with zero attached hydrogens (tertiary/aromatic N) is 3. The fraction of sp³-hybridized carbons (Fsp3) is 0.222. The fourth-order valence-corrected chi connectivity index (χ4v) is 3.70. The van der Waals surface area contributed by atoms with E-state index in [0.717, 1.165) is 36.3 Å². The number of benzene rings is 3. The molecule has 4 rings (SSSR count). The van der Waals surface area contributed by atoms with Crippen LogP contribution in [-0.2, 0) is 6.42 Å². The number of rotatable bonds is 9. The third-order valence-corrected chi connectivity index (χ3v) is 5.43.